The Morgan fingerprint density at radius 2 is 1.95 bits per heavy atom. The fourth-order valence-electron chi connectivity index (χ4n) is 2.35. The number of benzene rings is 1. The number of rotatable bonds is 5. The van der Waals surface area contributed by atoms with Crippen molar-refractivity contribution in [1.29, 1.82) is 0 Å². The predicted octanol–water partition coefficient (Wildman–Crippen LogP) is 2.84. The van der Waals surface area contributed by atoms with Gasteiger partial charge in [-0.2, -0.15) is 0 Å². The van der Waals surface area contributed by atoms with Crippen LogP contribution in [0.3, 0.4) is 0 Å². The molecule has 0 aliphatic rings. The first-order valence-corrected chi connectivity index (χ1v) is 6.81. The third-order valence-corrected chi connectivity index (χ3v) is 3.40. The molecule has 0 saturated heterocycles. The Morgan fingerprint density at radius 3 is 2.42 bits per heavy atom. The maximum absolute atomic E-state index is 10.4. The molecule has 2 atom stereocenters. The molecular formula is C16H27NO2. The molecule has 0 heterocycles. The van der Waals surface area contributed by atoms with Crippen LogP contribution in [0.1, 0.15) is 44.2 Å². The Bertz CT molecular complexity index is 410. The van der Waals surface area contributed by atoms with Crippen molar-refractivity contribution < 1.29 is 9.84 Å². The summed E-state index contributed by atoms with van der Waals surface area (Å²) in [6.07, 6.45) is 0.294. The van der Waals surface area contributed by atoms with Crippen LogP contribution in [0, 0.1) is 12.3 Å². The monoisotopic (exact) mass is 265 g/mol. The van der Waals surface area contributed by atoms with E-state index < -0.39 is 6.10 Å². The Balaban J connectivity index is 2.96. The molecule has 3 nitrogen and oxygen atoms in total. The third-order valence-electron chi connectivity index (χ3n) is 3.40. The van der Waals surface area contributed by atoms with Crippen LogP contribution in [-0.4, -0.2) is 24.9 Å². The van der Waals surface area contributed by atoms with E-state index in [2.05, 4.69) is 20.8 Å². The number of hydrogen-bond acceptors (Lipinski definition) is 3. The summed E-state index contributed by atoms with van der Waals surface area (Å²) in [5.41, 5.74) is 8.07. The molecule has 0 amide bonds. The third kappa shape index (κ3) is 4.51. The van der Waals surface area contributed by atoms with Gasteiger partial charge in [0.1, 0.15) is 5.75 Å². The zero-order valence-electron chi connectivity index (χ0n) is 12.7. The summed E-state index contributed by atoms with van der Waals surface area (Å²) < 4.78 is 5.34. The molecule has 0 aliphatic carbocycles. The summed E-state index contributed by atoms with van der Waals surface area (Å²) >= 11 is 0. The van der Waals surface area contributed by atoms with E-state index >= 15 is 0 Å². The fraction of sp³-hybridized carbons (Fsp3) is 0.625. The number of nitrogens with two attached hydrogens (primary N) is 1. The van der Waals surface area contributed by atoms with Crippen LogP contribution in [0.4, 0.5) is 0 Å². The zero-order chi connectivity index (χ0) is 14.6. The van der Waals surface area contributed by atoms with Crippen LogP contribution in [0.15, 0.2) is 18.2 Å². The lowest BCUT2D eigenvalue weighted by molar-refractivity contribution is 0.0971. The van der Waals surface area contributed by atoms with Crippen LogP contribution in [-0.2, 0) is 0 Å². The van der Waals surface area contributed by atoms with Gasteiger partial charge in [-0.3, -0.25) is 0 Å². The van der Waals surface area contributed by atoms with Crippen molar-refractivity contribution in [2.45, 2.75) is 46.1 Å². The van der Waals surface area contributed by atoms with Crippen molar-refractivity contribution in [3.63, 3.8) is 0 Å². The molecule has 0 fully saturated rings. The molecule has 108 valence electrons. The first kappa shape index (κ1) is 16.0. The van der Waals surface area contributed by atoms with Gasteiger partial charge in [-0.25, -0.2) is 0 Å². The molecule has 0 aliphatic heterocycles. The normalized spacial score (nSPS) is 15.1. The van der Waals surface area contributed by atoms with E-state index in [1.165, 1.54) is 0 Å². The Labute approximate surface area is 116 Å². The number of aryl methyl sites for hydroxylation is 1. The summed E-state index contributed by atoms with van der Waals surface area (Å²) in [5, 5.41) is 10.4. The minimum atomic E-state index is -0.433. The summed E-state index contributed by atoms with van der Waals surface area (Å²) in [6.45, 7) is 8.81. The number of hydrogen-bond donors (Lipinski definition) is 2. The molecule has 19 heavy (non-hydrogen) atoms. The molecule has 2 unspecified atom stereocenters. The Hall–Kier alpha value is -1.06. The number of aliphatic hydroxyl groups is 1. The molecule has 0 aromatic heterocycles. The average molecular weight is 265 g/mol. The van der Waals surface area contributed by atoms with Crippen LogP contribution >= 0.6 is 0 Å². The minimum absolute atomic E-state index is 0.0475. The van der Waals surface area contributed by atoms with Gasteiger partial charge >= 0.3 is 0 Å². The van der Waals surface area contributed by atoms with E-state index in [-0.39, 0.29) is 11.3 Å². The van der Waals surface area contributed by atoms with Crippen molar-refractivity contribution in [3.05, 3.63) is 29.3 Å². The van der Waals surface area contributed by atoms with Gasteiger partial charge in [0.25, 0.3) is 0 Å². The fourth-order valence-corrected chi connectivity index (χ4v) is 2.35. The van der Waals surface area contributed by atoms with Crippen molar-refractivity contribution in [2.24, 2.45) is 11.1 Å². The second-order valence-electron chi connectivity index (χ2n) is 6.40. The maximum atomic E-state index is 10.4. The molecule has 1 aromatic carbocycles. The highest BCUT2D eigenvalue weighted by atomic mass is 16.5. The topological polar surface area (TPSA) is 55.5 Å². The Morgan fingerprint density at radius 1 is 1.32 bits per heavy atom. The van der Waals surface area contributed by atoms with E-state index in [4.69, 9.17) is 10.5 Å². The lowest BCUT2D eigenvalue weighted by Crippen LogP contribution is -2.29. The van der Waals surface area contributed by atoms with Crippen LogP contribution in [0.2, 0.25) is 0 Å². The second kappa shape index (κ2) is 6.40. The number of aliphatic hydroxyl groups excluding tert-OH is 1. The van der Waals surface area contributed by atoms with E-state index in [9.17, 15) is 5.11 Å². The van der Waals surface area contributed by atoms with Crippen LogP contribution in [0.25, 0.3) is 0 Å². The molecule has 0 saturated carbocycles. The molecule has 0 spiro atoms. The van der Waals surface area contributed by atoms with E-state index in [0.717, 1.165) is 23.3 Å². The van der Waals surface area contributed by atoms with Crippen molar-refractivity contribution in [1.82, 2.24) is 0 Å². The predicted molar refractivity (Wildman–Crippen MR) is 79.6 cm³/mol. The van der Waals surface area contributed by atoms with Gasteiger partial charge in [-0.15, -0.1) is 0 Å². The number of ether oxygens (including phenoxy) is 1. The van der Waals surface area contributed by atoms with E-state index in [1.807, 2.05) is 25.1 Å². The second-order valence-corrected chi connectivity index (χ2v) is 6.40. The molecule has 3 N–H and O–H groups in total. The highest BCUT2D eigenvalue weighted by molar-refractivity contribution is 5.38. The average Bonchev–Trinajstić information content (AvgIpc) is 2.29. The first-order chi connectivity index (χ1) is 8.78. The van der Waals surface area contributed by atoms with Gasteiger partial charge in [-0.05, 0) is 36.0 Å². The van der Waals surface area contributed by atoms with Gasteiger partial charge in [0.2, 0.25) is 0 Å². The van der Waals surface area contributed by atoms with E-state index in [1.54, 1.807) is 7.11 Å². The van der Waals surface area contributed by atoms with Crippen molar-refractivity contribution >= 4 is 0 Å². The zero-order valence-corrected chi connectivity index (χ0v) is 12.7. The summed E-state index contributed by atoms with van der Waals surface area (Å²) in [4.78, 5) is 0. The van der Waals surface area contributed by atoms with Gasteiger partial charge < -0.3 is 15.6 Å². The highest BCUT2D eigenvalue weighted by Gasteiger charge is 2.25. The van der Waals surface area contributed by atoms with Crippen LogP contribution < -0.4 is 10.5 Å². The van der Waals surface area contributed by atoms with Gasteiger partial charge in [0.15, 0.2) is 0 Å². The lowest BCUT2D eigenvalue weighted by Gasteiger charge is -2.28. The van der Waals surface area contributed by atoms with E-state index in [0.29, 0.717) is 6.54 Å². The first-order valence-electron chi connectivity index (χ1n) is 6.81. The Kier molecular flexibility index (Phi) is 5.39. The highest BCUT2D eigenvalue weighted by Crippen LogP contribution is 2.31. The van der Waals surface area contributed by atoms with Gasteiger partial charge in [-0.1, -0.05) is 32.9 Å². The van der Waals surface area contributed by atoms with Crippen molar-refractivity contribution in [3.8, 4) is 5.75 Å². The summed E-state index contributed by atoms with van der Waals surface area (Å²) in [7, 11) is 1.66. The maximum Gasteiger partial charge on any atom is 0.122 e. The summed E-state index contributed by atoms with van der Waals surface area (Å²) in [6, 6.07) is 6.03. The molecular weight excluding hydrogens is 238 g/mol. The molecule has 0 radical (unpaired) electrons. The van der Waals surface area contributed by atoms with Gasteiger partial charge in [0.05, 0.1) is 13.2 Å². The standard InChI is InChI=1S/C16H27NO2/c1-11-6-7-12(8-15(11)19-5)13(10-17)14(18)9-16(2,3)4/h6-8,13-14,18H,9-10,17H2,1-5H3. The largest absolute Gasteiger partial charge is 0.496 e. The quantitative estimate of drug-likeness (QED) is 0.860. The smallest absolute Gasteiger partial charge is 0.122 e. The molecule has 0 bridgehead atoms. The summed E-state index contributed by atoms with van der Waals surface area (Å²) in [5.74, 6) is 0.799. The van der Waals surface area contributed by atoms with Gasteiger partial charge in [0, 0.05) is 12.5 Å². The molecule has 1 rings (SSSR count). The van der Waals surface area contributed by atoms with Crippen molar-refractivity contribution in [2.75, 3.05) is 13.7 Å². The lowest BCUT2D eigenvalue weighted by atomic mass is 9.82. The van der Waals surface area contributed by atoms with Crippen LogP contribution in [0.5, 0.6) is 5.75 Å². The number of methoxy groups -OCH3 is 1. The molecule has 1 aromatic rings. The SMILES string of the molecule is COc1cc(C(CN)C(O)CC(C)(C)C)ccc1C. The molecule has 3 heteroatoms. The minimum Gasteiger partial charge on any atom is -0.496 e.